The number of benzene rings is 1. The summed E-state index contributed by atoms with van der Waals surface area (Å²) < 4.78 is 0. The minimum Gasteiger partial charge on any atom is -0.295 e. The molecule has 1 atom stereocenters. The van der Waals surface area contributed by atoms with Crippen LogP contribution in [0.25, 0.3) is 0 Å². The lowest BCUT2D eigenvalue weighted by Gasteiger charge is -2.48. The Balaban J connectivity index is 2.73. The van der Waals surface area contributed by atoms with Crippen LogP contribution in [0.4, 0.5) is 0 Å². The normalized spacial score (nSPS) is 23.2. The Kier molecular flexibility index (Phi) is 3.60. The van der Waals surface area contributed by atoms with Crippen LogP contribution in [0.2, 0.25) is 0 Å². The minimum absolute atomic E-state index is 0.156. The highest BCUT2D eigenvalue weighted by Crippen LogP contribution is 2.50. The minimum atomic E-state index is 0.156. The molecular weight excluding hydrogens is 244 g/mol. The van der Waals surface area contributed by atoms with Crippen molar-refractivity contribution in [2.45, 2.75) is 72.1 Å². The van der Waals surface area contributed by atoms with Gasteiger partial charge in [0.2, 0.25) is 0 Å². The molecule has 0 aromatic heterocycles. The molecule has 2 rings (SSSR count). The van der Waals surface area contributed by atoms with Gasteiger partial charge in [0.25, 0.3) is 0 Å². The zero-order valence-corrected chi connectivity index (χ0v) is 14.1. The third-order valence-corrected chi connectivity index (χ3v) is 5.44. The van der Waals surface area contributed by atoms with Crippen molar-refractivity contribution in [2.75, 3.05) is 0 Å². The van der Waals surface area contributed by atoms with Crippen LogP contribution in [0.3, 0.4) is 0 Å². The highest BCUT2D eigenvalue weighted by atomic mass is 16.1. The maximum atomic E-state index is 11.8. The van der Waals surface area contributed by atoms with E-state index in [1.165, 1.54) is 24.0 Å². The number of Topliss-reactive ketones (excluding diaryl/α,β-unsaturated/α-hetero) is 1. The second-order valence-electron chi connectivity index (χ2n) is 7.68. The van der Waals surface area contributed by atoms with Crippen LogP contribution in [-0.2, 0) is 10.8 Å². The summed E-state index contributed by atoms with van der Waals surface area (Å²) >= 11 is 0. The van der Waals surface area contributed by atoms with Crippen LogP contribution in [-0.4, -0.2) is 5.78 Å². The van der Waals surface area contributed by atoms with E-state index in [2.05, 4.69) is 53.7 Å². The van der Waals surface area contributed by atoms with Crippen molar-refractivity contribution >= 4 is 5.78 Å². The van der Waals surface area contributed by atoms with Crippen molar-refractivity contribution in [2.24, 2.45) is 5.92 Å². The standard InChI is InChI=1S/C19H28O/c1-8-14-11-18(4,5)16-10-15(13(3)20)12(2)9-17(16)19(14,6)7/h9-10,14H,8,11H2,1-7H3/t14-/m0/s1. The van der Waals surface area contributed by atoms with Gasteiger partial charge in [-0.25, -0.2) is 0 Å². The van der Waals surface area contributed by atoms with Crippen molar-refractivity contribution in [1.29, 1.82) is 0 Å². The Morgan fingerprint density at radius 3 is 2.30 bits per heavy atom. The number of hydrogen-bond donors (Lipinski definition) is 0. The number of carbonyl (C=O) groups is 1. The van der Waals surface area contributed by atoms with Crippen LogP contribution in [0.15, 0.2) is 12.1 Å². The first-order valence-corrected chi connectivity index (χ1v) is 7.77. The largest absolute Gasteiger partial charge is 0.295 e. The van der Waals surface area contributed by atoms with E-state index in [4.69, 9.17) is 0 Å². The maximum Gasteiger partial charge on any atom is 0.160 e. The Bertz CT molecular complexity index is 549. The van der Waals surface area contributed by atoms with Gasteiger partial charge >= 0.3 is 0 Å². The number of carbonyl (C=O) groups excluding carboxylic acids is 1. The summed E-state index contributed by atoms with van der Waals surface area (Å²) in [6, 6.07) is 4.44. The van der Waals surface area contributed by atoms with Crippen LogP contribution in [0.1, 0.15) is 81.4 Å². The molecule has 0 saturated carbocycles. The molecule has 0 fully saturated rings. The van der Waals surface area contributed by atoms with Gasteiger partial charge in [-0.1, -0.05) is 47.1 Å². The SMILES string of the molecule is CC[C@H]1CC(C)(C)c2cc(C(C)=O)c(C)cc2C1(C)C. The van der Waals surface area contributed by atoms with E-state index in [0.29, 0.717) is 5.92 Å². The molecule has 0 N–H and O–H groups in total. The van der Waals surface area contributed by atoms with Crippen LogP contribution in [0, 0.1) is 12.8 Å². The number of fused-ring (bicyclic) bond motifs is 1. The third kappa shape index (κ3) is 2.21. The fourth-order valence-electron chi connectivity index (χ4n) is 4.04. The molecule has 1 aromatic rings. The average Bonchev–Trinajstić information content (AvgIpc) is 2.33. The molecule has 0 spiro atoms. The quantitative estimate of drug-likeness (QED) is 0.678. The van der Waals surface area contributed by atoms with Gasteiger partial charge in [-0.05, 0) is 59.8 Å². The summed E-state index contributed by atoms with van der Waals surface area (Å²) in [7, 11) is 0. The van der Waals surface area contributed by atoms with Gasteiger partial charge in [0.05, 0.1) is 0 Å². The first-order valence-electron chi connectivity index (χ1n) is 7.77. The highest BCUT2D eigenvalue weighted by molar-refractivity contribution is 5.96. The van der Waals surface area contributed by atoms with Gasteiger partial charge in [0.15, 0.2) is 5.78 Å². The molecule has 0 bridgehead atoms. The Morgan fingerprint density at radius 2 is 1.80 bits per heavy atom. The Hall–Kier alpha value is -1.11. The fourth-order valence-corrected chi connectivity index (χ4v) is 4.04. The summed E-state index contributed by atoms with van der Waals surface area (Å²) in [6.45, 7) is 15.4. The van der Waals surface area contributed by atoms with Gasteiger partial charge in [0.1, 0.15) is 0 Å². The Labute approximate surface area is 123 Å². The van der Waals surface area contributed by atoms with Crippen molar-refractivity contribution < 1.29 is 4.79 Å². The molecule has 0 radical (unpaired) electrons. The predicted molar refractivity (Wildman–Crippen MR) is 85.6 cm³/mol. The van der Waals surface area contributed by atoms with Gasteiger partial charge in [0, 0.05) is 5.56 Å². The van der Waals surface area contributed by atoms with Crippen LogP contribution >= 0.6 is 0 Å². The second-order valence-corrected chi connectivity index (χ2v) is 7.68. The molecule has 1 aliphatic rings. The topological polar surface area (TPSA) is 17.1 Å². The number of ketones is 1. The predicted octanol–water partition coefficient (Wildman–Crippen LogP) is 5.18. The molecule has 0 aliphatic heterocycles. The van der Waals surface area contributed by atoms with E-state index in [1.54, 1.807) is 6.92 Å². The molecule has 1 heteroatoms. The number of aryl methyl sites for hydroxylation is 1. The maximum absolute atomic E-state index is 11.8. The summed E-state index contributed by atoms with van der Waals surface area (Å²) in [5.41, 5.74) is 5.19. The molecule has 0 saturated heterocycles. The second kappa shape index (κ2) is 4.72. The summed E-state index contributed by atoms with van der Waals surface area (Å²) in [5.74, 6) is 0.879. The zero-order valence-electron chi connectivity index (χ0n) is 14.1. The average molecular weight is 272 g/mol. The molecule has 20 heavy (non-hydrogen) atoms. The molecule has 0 heterocycles. The molecule has 110 valence electrons. The fraction of sp³-hybridized carbons (Fsp3) is 0.632. The molecule has 0 amide bonds. The molecular formula is C19H28O. The van der Waals surface area contributed by atoms with E-state index in [0.717, 1.165) is 11.1 Å². The molecule has 1 nitrogen and oxygen atoms in total. The van der Waals surface area contributed by atoms with Crippen LogP contribution in [0.5, 0.6) is 0 Å². The van der Waals surface area contributed by atoms with Crippen LogP contribution < -0.4 is 0 Å². The van der Waals surface area contributed by atoms with E-state index >= 15 is 0 Å². The first kappa shape index (κ1) is 15.3. The third-order valence-electron chi connectivity index (χ3n) is 5.44. The van der Waals surface area contributed by atoms with Crippen molar-refractivity contribution in [3.63, 3.8) is 0 Å². The van der Waals surface area contributed by atoms with Crippen molar-refractivity contribution in [3.05, 3.63) is 34.4 Å². The van der Waals surface area contributed by atoms with Gasteiger partial charge in [-0.15, -0.1) is 0 Å². The van der Waals surface area contributed by atoms with E-state index in [9.17, 15) is 4.79 Å². The van der Waals surface area contributed by atoms with Crippen molar-refractivity contribution in [1.82, 2.24) is 0 Å². The lowest BCUT2D eigenvalue weighted by molar-refractivity contribution is 0.101. The van der Waals surface area contributed by atoms with Gasteiger partial charge in [-0.2, -0.15) is 0 Å². The number of hydrogen-bond acceptors (Lipinski definition) is 1. The Morgan fingerprint density at radius 1 is 1.20 bits per heavy atom. The molecule has 1 aromatic carbocycles. The smallest absolute Gasteiger partial charge is 0.160 e. The summed E-state index contributed by atoms with van der Waals surface area (Å²) in [5, 5.41) is 0. The lowest BCUT2D eigenvalue weighted by Crippen LogP contribution is -2.41. The van der Waals surface area contributed by atoms with E-state index in [-0.39, 0.29) is 16.6 Å². The highest BCUT2D eigenvalue weighted by Gasteiger charge is 2.43. The molecule has 1 aliphatic carbocycles. The van der Waals surface area contributed by atoms with Gasteiger partial charge < -0.3 is 0 Å². The summed E-state index contributed by atoms with van der Waals surface area (Å²) in [6.07, 6.45) is 2.41. The van der Waals surface area contributed by atoms with Crippen molar-refractivity contribution in [3.8, 4) is 0 Å². The number of rotatable bonds is 2. The first-order chi connectivity index (χ1) is 9.11. The zero-order chi connectivity index (χ0) is 15.3. The summed E-state index contributed by atoms with van der Waals surface area (Å²) in [4.78, 5) is 11.8. The van der Waals surface area contributed by atoms with Gasteiger partial charge in [-0.3, -0.25) is 4.79 Å². The lowest BCUT2D eigenvalue weighted by atomic mass is 9.56. The van der Waals surface area contributed by atoms with E-state index in [1.807, 2.05) is 0 Å². The van der Waals surface area contributed by atoms with E-state index < -0.39 is 0 Å². The molecule has 0 unspecified atom stereocenters. The monoisotopic (exact) mass is 272 g/mol.